The second-order valence-electron chi connectivity index (χ2n) is 11.1. The van der Waals surface area contributed by atoms with Crippen molar-refractivity contribution in [3.63, 3.8) is 0 Å². The van der Waals surface area contributed by atoms with Crippen LogP contribution in [-0.4, -0.2) is 51.6 Å². The molecule has 0 aromatic heterocycles. The topological polar surface area (TPSA) is 87.7 Å². The van der Waals surface area contributed by atoms with Crippen LogP contribution in [0, 0.1) is 11.7 Å². The minimum absolute atomic E-state index is 0.0484. The fourth-order valence-electron chi connectivity index (χ4n) is 5.62. The average Bonchev–Trinajstić information content (AvgIpc) is 2.98. The molecule has 2 N–H and O–H groups in total. The number of morpholine rings is 1. The number of sulfonamides is 1. The molecule has 41 heavy (non-hydrogen) atoms. The van der Waals surface area contributed by atoms with Crippen molar-refractivity contribution in [1.29, 1.82) is 0 Å². The van der Waals surface area contributed by atoms with Gasteiger partial charge in [0.15, 0.2) is 0 Å². The summed E-state index contributed by atoms with van der Waals surface area (Å²) in [4.78, 5) is 15.4. The molecule has 0 radical (unpaired) electrons. The zero-order valence-electron chi connectivity index (χ0n) is 23.4. The van der Waals surface area contributed by atoms with Crippen molar-refractivity contribution in [3.05, 3.63) is 89.7 Å². The van der Waals surface area contributed by atoms with E-state index in [1.54, 1.807) is 24.3 Å². The largest absolute Gasteiger partial charge is 0.379 e. The van der Waals surface area contributed by atoms with E-state index in [4.69, 9.17) is 4.74 Å². The number of hydrogen-bond acceptors (Lipinski definition) is 5. The van der Waals surface area contributed by atoms with Gasteiger partial charge in [-0.15, -0.1) is 0 Å². The Balaban J connectivity index is 1.13. The standard InChI is InChI=1S/C32H38FN3O4S/c1-23(25-5-11-29(33)12-6-25)34-32(37)27-7-13-30(14-8-27)35-41(38,39)31-15-9-26(10-16-31)28-4-2-3-24(21-28)22-36-17-19-40-20-18-36/h2-6,9-12,15-16,21,23,27,30,35H,7-8,13-14,17-20,22H2,1H3,(H,34,37)/t23-,27-,30-/m1/s1. The normalized spacial score (nSPS) is 20.8. The van der Waals surface area contributed by atoms with Crippen LogP contribution in [-0.2, 0) is 26.1 Å². The number of nitrogens with zero attached hydrogens (tertiary/aromatic N) is 1. The van der Waals surface area contributed by atoms with Crippen molar-refractivity contribution in [2.45, 2.75) is 56.1 Å². The predicted molar refractivity (Wildman–Crippen MR) is 157 cm³/mol. The lowest BCUT2D eigenvalue weighted by Crippen LogP contribution is -2.41. The molecule has 1 saturated heterocycles. The van der Waals surface area contributed by atoms with Gasteiger partial charge in [0.05, 0.1) is 24.2 Å². The molecule has 1 amide bonds. The molecule has 0 unspecified atom stereocenters. The number of benzene rings is 3. The Morgan fingerprint density at radius 1 is 0.951 bits per heavy atom. The number of hydrogen-bond donors (Lipinski definition) is 2. The summed E-state index contributed by atoms with van der Waals surface area (Å²) in [5.74, 6) is -0.529. The second kappa shape index (κ2) is 13.2. The summed E-state index contributed by atoms with van der Waals surface area (Å²) >= 11 is 0. The van der Waals surface area contributed by atoms with Gasteiger partial charge in [-0.25, -0.2) is 17.5 Å². The highest BCUT2D eigenvalue weighted by Crippen LogP contribution is 2.28. The van der Waals surface area contributed by atoms with E-state index < -0.39 is 10.0 Å². The second-order valence-corrected chi connectivity index (χ2v) is 12.8. The number of carbonyl (C=O) groups is 1. The molecular formula is C32H38FN3O4S. The number of nitrogens with one attached hydrogen (secondary N) is 2. The van der Waals surface area contributed by atoms with Crippen molar-refractivity contribution in [2.24, 2.45) is 5.92 Å². The summed E-state index contributed by atoms with van der Waals surface area (Å²) in [6.07, 6.45) is 2.40. The highest BCUT2D eigenvalue weighted by molar-refractivity contribution is 7.89. The minimum atomic E-state index is -3.68. The van der Waals surface area contributed by atoms with E-state index in [1.165, 1.54) is 17.7 Å². The van der Waals surface area contributed by atoms with Gasteiger partial charge >= 0.3 is 0 Å². The monoisotopic (exact) mass is 579 g/mol. The van der Waals surface area contributed by atoms with Gasteiger partial charge in [0.25, 0.3) is 0 Å². The highest BCUT2D eigenvalue weighted by atomic mass is 32.2. The predicted octanol–water partition coefficient (Wildman–Crippen LogP) is 5.04. The number of rotatable bonds is 9. The van der Waals surface area contributed by atoms with Gasteiger partial charge in [0.2, 0.25) is 15.9 Å². The summed E-state index contributed by atoms with van der Waals surface area (Å²) < 4.78 is 47.7. The Bertz CT molecular complexity index is 1420. The molecule has 0 spiro atoms. The van der Waals surface area contributed by atoms with E-state index in [2.05, 4.69) is 27.1 Å². The Hall–Kier alpha value is -3.11. The molecule has 7 nitrogen and oxygen atoms in total. The molecule has 9 heteroatoms. The first-order chi connectivity index (χ1) is 19.8. The minimum Gasteiger partial charge on any atom is -0.379 e. The van der Waals surface area contributed by atoms with Gasteiger partial charge < -0.3 is 10.1 Å². The van der Waals surface area contributed by atoms with E-state index >= 15 is 0 Å². The molecular weight excluding hydrogens is 541 g/mol. The molecule has 1 aliphatic carbocycles. The number of halogens is 1. The van der Waals surface area contributed by atoms with Crippen molar-refractivity contribution in [3.8, 4) is 11.1 Å². The van der Waals surface area contributed by atoms with Crippen LogP contribution >= 0.6 is 0 Å². The van der Waals surface area contributed by atoms with E-state index in [0.717, 1.165) is 49.5 Å². The summed E-state index contributed by atoms with van der Waals surface area (Å²) in [7, 11) is -3.68. The first kappa shape index (κ1) is 29.4. The number of carbonyl (C=O) groups excluding carboxylic acids is 1. The van der Waals surface area contributed by atoms with Crippen molar-refractivity contribution in [1.82, 2.24) is 14.9 Å². The van der Waals surface area contributed by atoms with Crippen molar-refractivity contribution >= 4 is 15.9 Å². The number of ether oxygens (including phenoxy) is 1. The van der Waals surface area contributed by atoms with Gasteiger partial charge in [-0.05, 0) is 85.2 Å². The maximum absolute atomic E-state index is 13.2. The smallest absolute Gasteiger partial charge is 0.240 e. The fourth-order valence-corrected chi connectivity index (χ4v) is 6.93. The summed E-state index contributed by atoms with van der Waals surface area (Å²) in [6.45, 7) is 6.12. The third-order valence-electron chi connectivity index (χ3n) is 8.08. The van der Waals surface area contributed by atoms with E-state index in [9.17, 15) is 17.6 Å². The fraction of sp³-hybridized carbons (Fsp3) is 0.406. The van der Waals surface area contributed by atoms with Crippen LogP contribution in [0.25, 0.3) is 11.1 Å². The summed E-state index contributed by atoms with van der Waals surface area (Å²) in [5.41, 5.74) is 4.08. The third-order valence-corrected chi connectivity index (χ3v) is 9.62. The third kappa shape index (κ3) is 7.80. The molecule has 1 saturated carbocycles. The first-order valence-corrected chi connectivity index (χ1v) is 15.8. The highest BCUT2D eigenvalue weighted by Gasteiger charge is 2.30. The van der Waals surface area contributed by atoms with Crippen molar-refractivity contribution < 1.29 is 22.3 Å². The lowest BCUT2D eigenvalue weighted by Gasteiger charge is -2.29. The molecule has 1 heterocycles. The summed E-state index contributed by atoms with van der Waals surface area (Å²) in [5, 5.41) is 3.01. The van der Waals surface area contributed by atoms with Crippen LogP contribution in [0.3, 0.4) is 0 Å². The quantitative estimate of drug-likeness (QED) is 0.371. The molecule has 1 aliphatic heterocycles. The van der Waals surface area contributed by atoms with Crippen LogP contribution in [0.1, 0.15) is 49.8 Å². The SMILES string of the molecule is C[C@@H](NC(=O)[C@H]1CC[C@H](NS(=O)(=O)c2ccc(-c3cccc(CN4CCOCC4)c3)cc2)CC1)c1ccc(F)cc1. The van der Waals surface area contributed by atoms with Crippen molar-refractivity contribution in [2.75, 3.05) is 26.3 Å². The lowest BCUT2D eigenvalue weighted by molar-refractivity contribution is -0.126. The van der Waals surface area contributed by atoms with E-state index in [0.29, 0.717) is 25.7 Å². The lowest BCUT2D eigenvalue weighted by atomic mass is 9.85. The van der Waals surface area contributed by atoms with Gasteiger partial charge in [-0.3, -0.25) is 9.69 Å². The zero-order valence-corrected chi connectivity index (χ0v) is 24.2. The Labute approximate surface area is 242 Å². The number of amides is 1. The van der Waals surface area contributed by atoms with Crippen LogP contribution in [0.5, 0.6) is 0 Å². The molecule has 218 valence electrons. The van der Waals surface area contributed by atoms with E-state index in [-0.39, 0.29) is 34.6 Å². The van der Waals surface area contributed by atoms with Crippen LogP contribution in [0.2, 0.25) is 0 Å². The van der Waals surface area contributed by atoms with Gasteiger partial charge in [0, 0.05) is 31.6 Å². The molecule has 3 aromatic carbocycles. The Morgan fingerprint density at radius 3 is 2.32 bits per heavy atom. The zero-order chi connectivity index (χ0) is 28.8. The molecule has 5 rings (SSSR count). The average molecular weight is 580 g/mol. The van der Waals surface area contributed by atoms with Gasteiger partial charge in [-0.2, -0.15) is 0 Å². The maximum Gasteiger partial charge on any atom is 0.240 e. The maximum atomic E-state index is 13.2. The first-order valence-electron chi connectivity index (χ1n) is 14.3. The van der Waals surface area contributed by atoms with Gasteiger partial charge in [-0.1, -0.05) is 42.5 Å². The Kier molecular flexibility index (Phi) is 9.49. The molecule has 3 aromatic rings. The van der Waals surface area contributed by atoms with Gasteiger partial charge in [0.1, 0.15) is 5.82 Å². The Morgan fingerprint density at radius 2 is 1.63 bits per heavy atom. The summed E-state index contributed by atoms with van der Waals surface area (Å²) in [6, 6.07) is 21.0. The van der Waals surface area contributed by atoms with Crippen LogP contribution in [0.15, 0.2) is 77.7 Å². The molecule has 2 fully saturated rings. The van der Waals surface area contributed by atoms with Crippen LogP contribution < -0.4 is 10.0 Å². The van der Waals surface area contributed by atoms with Crippen LogP contribution in [0.4, 0.5) is 4.39 Å². The molecule has 2 aliphatic rings. The van der Waals surface area contributed by atoms with E-state index in [1.807, 2.05) is 31.2 Å². The molecule has 0 bridgehead atoms. The molecule has 1 atom stereocenters.